The molecule has 0 amide bonds. The molecule has 2 aromatic rings. The molecular formula is C21H17F3N2O4. The van der Waals surface area contributed by atoms with Gasteiger partial charge in [0.2, 0.25) is 0 Å². The zero-order chi connectivity index (χ0) is 21.6. The molecule has 2 aliphatic rings. The maximum atomic E-state index is 12.9. The lowest BCUT2D eigenvalue weighted by atomic mass is 9.82. The highest BCUT2D eigenvalue weighted by Crippen LogP contribution is 2.41. The summed E-state index contributed by atoms with van der Waals surface area (Å²) in [5.74, 6) is 0.0375. The molecular weight excluding hydrogens is 401 g/mol. The SMILES string of the molecule is CC1=CC(c2ccc(-c3ccc(C(F)(F)F)cc3[N+](=O)[O-])o2)C2=C(CCCC2=O)N1. The maximum Gasteiger partial charge on any atom is 0.416 e. The van der Waals surface area contributed by atoms with Gasteiger partial charge in [0.25, 0.3) is 5.69 Å². The van der Waals surface area contributed by atoms with E-state index in [1.165, 1.54) is 6.07 Å². The molecule has 0 bridgehead atoms. The lowest BCUT2D eigenvalue weighted by molar-refractivity contribution is -0.384. The second-order valence-corrected chi connectivity index (χ2v) is 7.31. The van der Waals surface area contributed by atoms with Gasteiger partial charge in [0.1, 0.15) is 11.5 Å². The summed E-state index contributed by atoms with van der Waals surface area (Å²) in [4.78, 5) is 23.0. The largest absolute Gasteiger partial charge is 0.460 e. The molecule has 1 unspecified atom stereocenters. The molecule has 1 aliphatic carbocycles. The van der Waals surface area contributed by atoms with E-state index in [0.717, 1.165) is 36.4 Å². The van der Waals surface area contributed by atoms with Gasteiger partial charge in [0.15, 0.2) is 5.78 Å². The fraction of sp³-hybridized carbons (Fsp3) is 0.286. The number of alkyl halides is 3. The van der Waals surface area contributed by atoms with Gasteiger partial charge in [-0.25, -0.2) is 0 Å². The number of furan rings is 1. The fourth-order valence-electron chi connectivity index (χ4n) is 3.92. The average Bonchev–Trinajstić information content (AvgIpc) is 3.16. The van der Waals surface area contributed by atoms with Gasteiger partial charge in [-0.2, -0.15) is 13.2 Å². The summed E-state index contributed by atoms with van der Waals surface area (Å²) >= 11 is 0. The standard InChI is InChI=1S/C21H17F3N2O4/c1-11-9-14(20-15(25-11)3-2-4-17(20)27)19-8-7-18(30-19)13-6-5-12(21(22,23)24)10-16(13)26(28)29/h5-10,14,25H,2-4H2,1H3. The third kappa shape index (κ3) is 3.51. The molecule has 1 aromatic carbocycles. The number of nitrogens with one attached hydrogen (secondary N) is 1. The van der Waals surface area contributed by atoms with Gasteiger partial charge >= 0.3 is 6.18 Å². The third-order valence-electron chi connectivity index (χ3n) is 5.25. The van der Waals surface area contributed by atoms with Crippen molar-refractivity contribution in [2.24, 2.45) is 0 Å². The predicted octanol–water partition coefficient (Wildman–Crippen LogP) is 5.47. The smallest absolute Gasteiger partial charge is 0.416 e. The van der Waals surface area contributed by atoms with Gasteiger partial charge in [0.05, 0.1) is 22.0 Å². The van der Waals surface area contributed by atoms with Crippen molar-refractivity contribution in [1.29, 1.82) is 0 Å². The van der Waals surface area contributed by atoms with E-state index in [1.54, 1.807) is 6.07 Å². The average molecular weight is 418 g/mol. The Morgan fingerprint density at radius 3 is 2.67 bits per heavy atom. The summed E-state index contributed by atoms with van der Waals surface area (Å²) in [6.07, 6.45) is -0.931. The molecule has 1 N–H and O–H groups in total. The lowest BCUT2D eigenvalue weighted by Crippen LogP contribution is -2.28. The number of carbonyl (C=O) groups excluding carboxylic acids is 1. The second-order valence-electron chi connectivity index (χ2n) is 7.31. The first-order valence-electron chi connectivity index (χ1n) is 9.32. The van der Waals surface area contributed by atoms with Crippen LogP contribution in [0.3, 0.4) is 0 Å². The van der Waals surface area contributed by atoms with E-state index in [4.69, 9.17) is 4.42 Å². The minimum atomic E-state index is -4.70. The number of nitrogens with zero attached hydrogens (tertiary/aromatic N) is 1. The number of nitro groups is 1. The summed E-state index contributed by atoms with van der Waals surface area (Å²) in [7, 11) is 0. The summed E-state index contributed by atoms with van der Waals surface area (Å²) in [5.41, 5.74) is 0.440. The molecule has 156 valence electrons. The lowest BCUT2D eigenvalue weighted by Gasteiger charge is -2.29. The van der Waals surface area contributed by atoms with E-state index in [-0.39, 0.29) is 17.1 Å². The molecule has 1 aromatic heterocycles. The number of ketones is 1. The first kappa shape index (κ1) is 19.9. The van der Waals surface area contributed by atoms with Gasteiger partial charge in [0, 0.05) is 29.5 Å². The highest BCUT2D eigenvalue weighted by atomic mass is 19.4. The van der Waals surface area contributed by atoms with Crippen molar-refractivity contribution in [3.05, 3.63) is 74.8 Å². The Balaban J connectivity index is 1.76. The Morgan fingerprint density at radius 2 is 1.97 bits per heavy atom. The molecule has 0 fully saturated rings. The number of rotatable bonds is 3. The number of hydrogen-bond donors (Lipinski definition) is 1. The molecule has 0 saturated carbocycles. The number of halogens is 3. The highest BCUT2D eigenvalue weighted by molar-refractivity contribution is 5.99. The molecule has 9 heteroatoms. The van der Waals surface area contributed by atoms with E-state index in [2.05, 4.69) is 5.32 Å². The number of benzene rings is 1. The monoisotopic (exact) mass is 418 g/mol. The second kappa shape index (κ2) is 7.16. The summed E-state index contributed by atoms with van der Waals surface area (Å²) in [6, 6.07) is 5.39. The summed E-state index contributed by atoms with van der Waals surface area (Å²) in [5, 5.41) is 14.6. The molecule has 0 radical (unpaired) electrons. The van der Waals surface area contributed by atoms with Crippen LogP contribution >= 0.6 is 0 Å². The van der Waals surface area contributed by atoms with Crippen molar-refractivity contribution >= 4 is 11.5 Å². The van der Waals surface area contributed by atoms with Crippen LogP contribution in [-0.4, -0.2) is 10.7 Å². The molecule has 1 atom stereocenters. The number of allylic oxidation sites excluding steroid dienone is 4. The fourth-order valence-corrected chi connectivity index (χ4v) is 3.92. The van der Waals surface area contributed by atoms with E-state index in [1.807, 2.05) is 13.0 Å². The number of carbonyl (C=O) groups is 1. The zero-order valence-electron chi connectivity index (χ0n) is 15.9. The molecule has 30 heavy (non-hydrogen) atoms. The summed E-state index contributed by atoms with van der Waals surface area (Å²) in [6.45, 7) is 1.86. The van der Waals surface area contributed by atoms with Gasteiger partial charge in [-0.1, -0.05) is 6.08 Å². The van der Waals surface area contributed by atoms with E-state index in [9.17, 15) is 28.1 Å². The van der Waals surface area contributed by atoms with E-state index >= 15 is 0 Å². The van der Waals surface area contributed by atoms with Crippen LogP contribution in [0, 0.1) is 10.1 Å². The Kier molecular flexibility index (Phi) is 4.76. The van der Waals surface area contributed by atoms with Crippen LogP contribution < -0.4 is 5.32 Å². The van der Waals surface area contributed by atoms with Crippen molar-refractivity contribution in [2.75, 3.05) is 0 Å². The van der Waals surface area contributed by atoms with Crippen LogP contribution in [0.5, 0.6) is 0 Å². The normalized spacial score (nSPS) is 19.3. The van der Waals surface area contributed by atoms with Crippen molar-refractivity contribution in [3.8, 4) is 11.3 Å². The number of Topliss-reactive ketones (excluding diaryl/α,β-unsaturated/α-hetero) is 1. The van der Waals surface area contributed by atoms with Crippen molar-refractivity contribution in [3.63, 3.8) is 0 Å². The van der Waals surface area contributed by atoms with Crippen LogP contribution in [0.25, 0.3) is 11.3 Å². The minimum Gasteiger partial charge on any atom is -0.460 e. The minimum absolute atomic E-state index is 0.0101. The van der Waals surface area contributed by atoms with Gasteiger partial charge in [-0.3, -0.25) is 14.9 Å². The van der Waals surface area contributed by atoms with Gasteiger partial charge < -0.3 is 9.73 Å². The number of dihydropyridines is 1. The van der Waals surface area contributed by atoms with Crippen molar-refractivity contribution < 1.29 is 27.3 Å². The number of hydrogen-bond acceptors (Lipinski definition) is 5. The topological polar surface area (TPSA) is 85.4 Å². The third-order valence-corrected chi connectivity index (χ3v) is 5.25. The Hall–Kier alpha value is -3.36. The van der Waals surface area contributed by atoms with Crippen LogP contribution in [0.15, 0.2) is 57.8 Å². The Labute approximate surface area is 169 Å². The Bertz CT molecular complexity index is 1110. The molecule has 4 rings (SSSR count). The molecule has 2 heterocycles. The van der Waals surface area contributed by atoms with Crippen LogP contribution in [0.2, 0.25) is 0 Å². The van der Waals surface area contributed by atoms with Crippen LogP contribution in [-0.2, 0) is 11.0 Å². The zero-order valence-corrected chi connectivity index (χ0v) is 15.9. The maximum absolute atomic E-state index is 12.9. The summed E-state index contributed by atoms with van der Waals surface area (Å²) < 4.78 is 44.7. The number of nitro benzene ring substituents is 1. The molecule has 0 saturated heterocycles. The molecule has 1 aliphatic heterocycles. The van der Waals surface area contributed by atoms with E-state index in [0.29, 0.717) is 23.8 Å². The van der Waals surface area contributed by atoms with Crippen molar-refractivity contribution in [2.45, 2.75) is 38.3 Å². The first-order valence-corrected chi connectivity index (χ1v) is 9.32. The van der Waals surface area contributed by atoms with Gasteiger partial charge in [-0.05, 0) is 44.0 Å². The Morgan fingerprint density at radius 1 is 1.20 bits per heavy atom. The first-order chi connectivity index (χ1) is 14.1. The molecule has 6 nitrogen and oxygen atoms in total. The predicted molar refractivity (Wildman–Crippen MR) is 101 cm³/mol. The van der Waals surface area contributed by atoms with Crippen LogP contribution in [0.4, 0.5) is 18.9 Å². The van der Waals surface area contributed by atoms with Crippen molar-refractivity contribution in [1.82, 2.24) is 5.32 Å². The quantitative estimate of drug-likeness (QED) is 0.528. The van der Waals surface area contributed by atoms with E-state index < -0.39 is 28.3 Å². The van der Waals surface area contributed by atoms with Crippen LogP contribution in [0.1, 0.15) is 43.4 Å². The molecule has 0 spiro atoms. The highest BCUT2D eigenvalue weighted by Gasteiger charge is 2.35. The van der Waals surface area contributed by atoms with Gasteiger partial charge in [-0.15, -0.1) is 0 Å².